The van der Waals surface area contributed by atoms with Gasteiger partial charge < -0.3 is 14.2 Å². The Bertz CT molecular complexity index is 880. The highest BCUT2D eigenvalue weighted by molar-refractivity contribution is 7.99. The average molecular weight is 368 g/mol. The number of amides is 1. The number of carbonyl (C=O) groups excluding carboxylic acids is 1. The average Bonchev–Trinajstić information content (AvgIpc) is 3.17. The fourth-order valence-electron chi connectivity index (χ4n) is 1.88. The van der Waals surface area contributed by atoms with Crippen LogP contribution in [-0.2, 0) is 4.79 Å². The lowest BCUT2D eigenvalue weighted by Crippen LogP contribution is -2.14. The molecule has 124 valence electrons. The number of furan rings is 1. The van der Waals surface area contributed by atoms with Gasteiger partial charge in [0.15, 0.2) is 0 Å². The minimum atomic E-state index is -0.544. The summed E-state index contributed by atoms with van der Waals surface area (Å²) in [5, 5.41) is 10.6. The monoisotopic (exact) mass is 367 g/mol. The lowest BCUT2D eigenvalue weighted by Gasteiger charge is -2.04. The molecule has 0 aliphatic carbocycles. The normalized spacial score (nSPS) is 10.8. The van der Waals surface area contributed by atoms with Crippen LogP contribution in [0.4, 0.5) is 10.1 Å². The van der Waals surface area contributed by atoms with Crippen LogP contribution < -0.4 is 5.32 Å². The number of aromatic nitrogens is 2. The molecule has 2 heterocycles. The number of anilines is 1. The molecule has 2 aromatic heterocycles. The van der Waals surface area contributed by atoms with Crippen molar-refractivity contribution in [3.05, 3.63) is 47.1 Å². The Morgan fingerprint density at radius 2 is 2.21 bits per heavy atom. The predicted octanol–water partition coefficient (Wildman–Crippen LogP) is 4.16. The first-order chi connectivity index (χ1) is 11.5. The summed E-state index contributed by atoms with van der Waals surface area (Å²) in [5.74, 6) is 0.204. The van der Waals surface area contributed by atoms with Gasteiger partial charge in [0, 0.05) is 5.69 Å². The standard InChI is InChI=1S/C15H11ClFN3O3S/c1-8-10(4-5-22-8)14-19-20-15(23-14)24-7-13(21)18-9-2-3-12(17)11(16)6-9/h2-6H,7H2,1H3,(H,18,21). The molecule has 1 aromatic carbocycles. The van der Waals surface area contributed by atoms with Gasteiger partial charge in [-0.3, -0.25) is 4.79 Å². The predicted molar refractivity (Wildman–Crippen MR) is 87.5 cm³/mol. The summed E-state index contributed by atoms with van der Waals surface area (Å²) in [7, 11) is 0. The summed E-state index contributed by atoms with van der Waals surface area (Å²) in [4.78, 5) is 11.9. The zero-order valence-electron chi connectivity index (χ0n) is 12.4. The van der Waals surface area contributed by atoms with Crippen molar-refractivity contribution in [3.8, 4) is 11.5 Å². The molecule has 1 amide bonds. The van der Waals surface area contributed by atoms with Gasteiger partial charge >= 0.3 is 0 Å². The largest absolute Gasteiger partial charge is 0.469 e. The SMILES string of the molecule is Cc1occc1-c1nnc(SCC(=O)Nc2ccc(F)c(Cl)c2)o1. The number of hydrogen-bond donors (Lipinski definition) is 1. The topological polar surface area (TPSA) is 81.2 Å². The third-order valence-electron chi connectivity index (χ3n) is 3.03. The van der Waals surface area contributed by atoms with Crippen molar-refractivity contribution in [1.82, 2.24) is 10.2 Å². The summed E-state index contributed by atoms with van der Waals surface area (Å²) in [5.41, 5.74) is 1.12. The van der Waals surface area contributed by atoms with Gasteiger partial charge in [-0.2, -0.15) is 0 Å². The van der Waals surface area contributed by atoms with Crippen LogP contribution in [0.15, 0.2) is 44.6 Å². The zero-order valence-corrected chi connectivity index (χ0v) is 13.9. The molecular weight excluding hydrogens is 357 g/mol. The van der Waals surface area contributed by atoms with Gasteiger partial charge in [0.1, 0.15) is 11.6 Å². The smallest absolute Gasteiger partial charge is 0.277 e. The first kappa shape index (κ1) is 16.5. The quantitative estimate of drug-likeness (QED) is 0.682. The Hall–Kier alpha value is -2.32. The van der Waals surface area contributed by atoms with Crippen LogP contribution in [0, 0.1) is 12.7 Å². The van der Waals surface area contributed by atoms with E-state index in [0.717, 1.165) is 11.8 Å². The summed E-state index contributed by atoms with van der Waals surface area (Å²) >= 11 is 6.75. The maximum atomic E-state index is 13.1. The van der Waals surface area contributed by atoms with Gasteiger partial charge in [-0.15, -0.1) is 10.2 Å². The molecular formula is C15H11ClFN3O3S. The fraction of sp³-hybridized carbons (Fsp3) is 0.133. The second-order valence-corrected chi connectivity index (χ2v) is 6.06. The van der Waals surface area contributed by atoms with Gasteiger partial charge in [0.25, 0.3) is 11.1 Å². The number of thioether (sulfide) groups is 1. The van der Waals surface area contributed by atoms with Crippen LogP contribution in [0.3, 0.4) is 0 Å². The van der Waals surface area contributed by atoms with Gasteiger partial charge in [-0.1, -0.05) is 23.4 Å². The first-order valence-corrected chi connectivity index (χ1v) is 8.15. The molecule has 0 atom stereocenters. The Morgan fingerprint density at radius 3 is 2.92 bits per heavy atom. The van der Waals surface area contributed by atoms with E-state index in [1.165, 1.54) is 24.5 Å². The third-order valence-corrected chi connectivity index (χ3v) is 4.13. The van der Waals surface area contributed by atoms with Crippen LogP contribution in [-0.4, -0.2) is 21.9 Å². The molecule has 0 fully saturated rings. The highest BCUT2D eigenvalue weighted by atomic mass is 35.5. The molecule has 0 unspecified atom stereocenters. The molecule has 0 aliphatic heterocycles. The number of aryl methyl sites for hydroxylation is 1. The fourth-order valence-corrected chi connectivity index (χ4v) is 2.63. The Morgan fingerprint density at radius 1 is 1.38 bits per heavy atom. The first-order valence-electron chi connectivity index (χ1n) is 6.78. The summed E-state index contributed by atoms with van der Waals surface area (Å²) < 4.78 is 23.7. The Labute approximate surface area is 145 Å². The molecule has 1 N–H and O–H groups in total. The van der Waals surface area contributed by atoms with Gasteiger partial charge in [0.2, 0.25) is 5.91 Å². The van der Waals surface area contributed by atoms with E-state index in [4.69, 9.17) is 20.4 Å². The number of carbonyl (C=O) groups is 1. The third kappa shape index (κ3) is 3.77. The van der Waals surface area contributed by atoms with Crippen molar-refractivity contribution >= 4 is 35.0 Å². The number of nitrogens with zero attached hydrogens (tertiary/aromatic N) is 2. The molecule has 0 saturated heterocycles. The molecule has 0 spiro atoms. The molecule has 0 bridgehead atoms. The van der Waals surface area contributed by atoms with Crippen LogP contribution in [0.25, 0.3) is 11.5 Å². The van der Waals surface area contributed by atoms with Crippen molar-refractivity contribution in [3.63, 3.8) is 0 Å². The van der Waals surface area contributed by atoms with E-state index in [9.17, 15) is 9.18 Å². The van der Waals surface area contributed by atoms with Gasteiger partial charge in [-0.25, -0.2) is 4.39 Å². The number of rotatable bonds is 5. The highest BCUT2D eigenvalue weighted by Crippen LogP contribution is 2.26. The van der Waals surface area contributed by atoms with Crippen LogP contribution >= 0.6 is 23.4 Å². The Kier molecular flexibility index (Phi) is 4.86. The van der Waals surface area contributed by atoms with E-state index in [1.807, 2.05) is 0 Å². The number of benzene rings is 1. The van der Waals surface area contributed by atoms with Gasteiger partial charge in [-0.05, 0) is 31.2 Å². The van der Waals surface area contributed by atoms with E-state index in [1.54, 1.807) is 13.0 Å². The maximum absolute atomic E-state index is 13.1. The molecule has 3 rings (SSSR count). The Balaban J connectivity index is 1.57. The summed E-state index contributed by atoms with van der Waals surface area (Å²) in [6.45, 7) is 1.79. The lowest BCUT2D eigenvalue weighted by atomic mass is 10.3. The minimum Gasteiger partial charge on any atom is -0.469 e. The van der Waals surface area contributed by atoms with Crippen LogP contribution in [0.1, 0.15) is 5.76 Å². The second-order valence-electron chi connectivity index (χ2n) is 4.73. The van der Waals surface area contributed by atoms with Crippen molar-refractivity contribution in [1.29, 1.82) is 0 Å². The molecule has 6 nitrogen and oxygen atoms in total. The molecule has 24 heavy (non-hydrogen) atoms. The van der Waals surface area contributed by atoms with Crippen molar-refractivity contribution < 1.29 is 18.0 Å². The number of nitrogens with one attached hydrogen (secondary N) is 1. The molecule has 3 aromatic rings. The van der Waals surface area contributed by atoms with E-state index in [0.29, 0.717) is 22.9 Å². The maximum Gasteiger partial charge on any atom is 0.277 e. The molecule has 9 heteroatoms. The van der Waals surface area contributed by atoms with E-state index in [2.05, 4.69) is 15.5 Å². The lowest BCUT2D eigenvalue weighted by molar-refractivity contribution is -0.113. The van der Waals surface area contributed by atoms with Crippen LogP contribution in [0.2, 0.25) is 5.02 Å². The van der Waals surface area contributed by atoms with E-state index in [-0.39, 0.29) is 21.9 Å². The van der Waals surface area contributed by atoms with Crippen LogP contribution in [0.5, 0.6) is 0 Å². The molecule has 0 aliphatic rings. The van der Waals surface area contributed by atoms with E-state index < -0.39 is 5.82 Å². The molecule has 0 saturated carbocycles. The number of hydrogen-bond acceptors (Lipinski definition) is 6. The highest BCUT2D eigenvalue weighted by Gasteiger charge is 2.14. The van der Waals surface area contributed by atoms with Crippen molar-refractivity contribution in [2.24, 2.45) is 0 Å². The number of halogens is 2. The minimum absolute atomic E-state index is 0.0565. The summed E-state index contributed by atoms with van der Waals surface area (Å²) in [6.07, 6.45) is 1.53. The summed E-state index contributed by atoms with van der Waals surface area (Å²) in [6, 6.07) is 5.67. The zero-order chi connectivity index (χ0) is 17.1. The van der Waals surface area contributed by atoms with E-state index >= 15 is 0 Å². The second kappa shape index (κ2) is 7.06. The van der Waals surface area contributed by atoms with Crippen molar-refractivity contribution in [2.45, 2.75) is 12.1 Å². The van der Waals surface area contributed by atoms with Crippen molar-refractivity contribution in [2.75, 3.05) is 11.1 Å². The van der Waals surface area contributed by atoms with Gasteiger partial charge in [0.05, 0.1) is 22.6 Å². The molecule has 0 radical (unpaired) electrons.